The van der Waals surface area contributed by atoms with Gasteiger partial charge in [-0.3, -0.25) is 9.59 Å². The topological polar surface area (TPSA) is 81.8 Å². The van der Waals surface area contributed by atoms with Crippen LogP contribution >= 0.6 is 0 Å². The molecular formula is C18H24N4O3. The van der Waals surface area contributed by atoms with Gasteiger partial charge in [-0.1, -0.05) is 18.2 Å². The molecule has 3 rings (SSSR count). The molecule has 25 heavy (non-hydrogen) atoms. The van der Waals surface area contributed by atoms with Gasteiger partial charge in [0.25, 0.3) is 0 Å². The summed E-state index contributed by atoms with van der Waals surface area (Å²) in [4.78, 5) is 39.1. The molecule has 4 amide bonds. The smallest absolute Gasteiger partial charge is 0.315 e. The zero-order valence-electron chi connectivity index (χ0n) is 14.2. The van der Waals surface area contributed by atoms with Crippen molar-refractivity contribution in [2.75, 3.05) is 31.1 Å². The number of benzene rings is 1. The average molecular weight is 344 g/mol. The van der Waals surface area contributed by atoms with Gasteiger partial charge in [-0.25, -0.2) is 4.79 Å². The number of hydrogen-bond donors (Lipinski definition) is 2. The second-order valence-electron chi connectivity index (χ2n) is 6.48. The second kappa shape index (κ2) is 8.00. The van der Waals surface area contributed by atoms with Gasteiger partial charge in [0.2, 0.25) is 11.8 Å². The van der Waals surface area contributed by atoms with Gasteiger partial charge in [0.05, 0.1) is 6.04 Å². The number of amides is 4. The number of para-hydroxylation sites is 1. The Morgan fingerprint density at radius 2 is 1.96 bits per heavy atom. The van der Waals surface area contributed by atoms with Gasteiger partial charge >= 0.3 is 6.03 Å². The highest BCUT2D eigenvalue weighted by atomic mass is 16.2. The fourth-order valence-electron chi connectivity index (χ4n) is 3.31. The molecule has 0 bridgehead atoms. The van der Waals surface area contributed by atoms with Crippen LogP contribution in [-0.2, 0) is 9.59 Å². The Morgan fingerprint density at radius 1 is 1.16 bits per heavy atom. The summed E-state index contributed by atoms with van der Waals surface area (Å²) in [5.74, 6) is 0.221. The third-order valence-corrected chi connectivity index (χ3v) is 4.59. The molecule has 2 saturated heterocycles. The van der Waals surface area contributed by atoms with Crippen LogP contribution in [0.3, 0.4) is 0 Å². The summed E-state index contributed by atoms with van der Waals surface area (Å²) in [7, 11) is 0. The summed E-state index contributed by atoms with van der Waals surface area (Å²) in [6.45, 7) is 2.50. The maximum atomic E-state index is 12.1. The molecular weight excluding hydrogens is 320 g/mol. The zero-order chi connectivity index (χ0) is 17.6. The molecule has 7 heteroatoms. The molecule has 0 saturated carbocycles. The Kier molecular flexibility index (Phi) is 5.53. The Morgan fingerprint density at radius 3 is 2.68 bits per heavy atom. The molecule has 2 heterocycles. The summed E-state index contributed by atoms with van der Waals surface area (Å²) in [5.41, 5.74) is 0.854. The van der Waals surface area contributed by atoms with Gasteiger partial charge in [-0.15, -0.1) is 0 Å². The van der Waals surface area contributed by atoms with E-state index < -0.39 is 0 Å². The molecule has 0 unspecified atom stereocenters. The molecule has 1 aromatic rings. The predicted molar refractivity (Wildman–Crippen MR) is 94.2 cm³/mol. The van der Waals surface area contributed by atoms with Crippen molar-refractivity contribution >= 4 is 23.5 Å². The van der Waals surface area contributed by atoms with E-state index in [-0.39, 0.29) is 23.9 Å². The summed E-state index contributed by atoms with van der Waals surface area (Å²) < 4.78 is 0. The number of rotatable bonds is 6. The maximum Gasteiger partial charge on any atom is 0.315 e. The van der Waals surface area contributed by atoms with Gasteiger partial charge < -0.3 is 20.4 Å². The highest BCUT2D eigenvalue weighted by molar-refractivity contribution is 5.96. The van der Waals surface area contributed by atoms with E-state index in [0.717, 1.165) is 25.1 Å². The highest BCUT2D eigenvalue weighted by Crippen LogP contribution is 2.20. The molecule has 2 aliphatic rings. The van der Waals surface area contributed by atoms with Crippen molar-refractivity contribution in [1.29, 1.82) is 0 Å². The number of likely N-dealkylation sites (tertiary alicyclic amines) is 1. The molecule has 0 spiro atoms. The molecule has 0 radical (unpaired) electrons. The second-order valence-corrected chi connectivity index (χ2v) is 6.48. The molecule has 2 fully saturated rings. The van der Waals surface area contributed by atoms with Crippen LogP contribution in [0.1, 0.15) is 25.7 Å². The number of hydrogen-bond acceptors (Lipinski definition) is 3. The van der Waals surface area contributed by atoms with Crippen LogP contribution in [-0.4, -0.2) is 55.0 Å². The van der Waals surface area contributed by atoms with Gasteiger partial charge in [0.15, 0.2) is 0 Å². The Balaban J connectivity index is 1.37. The molecule has 0 aliphatic carbocycles. The zero-order valence-corrected chi connectivity index (χ0v) is 14.2. The van der Waals surface area contributed by atoms with Crippen molar-refractivity contribution in [1.82, 2.24) is 15.5 Å². The van der Waals surface area contributed by atoms with Gasteiger partial charge in [0, 0.05) is 44.7 Å². The van der Waals surface area contributed by atoms with Crippen LogP contribution in [0.5, 0.6) is 0 Å². The van der Waals surface area contributed by atoms with Crippen molar-refractivity contribution in [3.63, 3.8) is 0 Å². The van der Waals surface area contributed by atoms with Crippen LogP contribution in [0.2, 0.25) is 0 Å². The summed E-state index contributed by atoms with van der Waals surface area (Å²) >= 11 is 0. The summed E-state index contributed by atoms with van der Waals surface area (Å²) in [6, 6.07) is 9.01. The maximum absolute atomic E-state index is 12.1. The van der Waals surface area contributed by atoms with Gasteiger partial charge in [-0.05, 0) is 25.0 Å². The van der Waals surface area contributed by atoms with Crippen LogP contribution in [0.15, 0.2) is 30.3 Å². The number of nitrogens with zero attached hydrogens (tertiary/aromatic N) is 2. The standard InChI is InChI=1S/C18H24N4O3/c23-16-8-4-10-21(16)11-5-9-19-18(25)20-14-12-17(24)22(13-14)15-6-2-1-3-7-15/h1-3,6-7,14H,4-5,8-13H2,(H2,19,20,25)/t14-/m1/s1. The first-order valence-corrected chi connectivity index (χ1v) is 8.81. The minimum Gasteiger partial charge on any atom is -0.343 e. The molecule has 1 aromatic carbocycles. The number of urea groups is 1. The number of carbonyl (C=O) groups excluding carboxylic acids is 3. The quantitative estimate of drug-likeness (QED) is 0.759. The molecule has 7 nitrogen and oxygen atoms in total. The average Bonchev–Trinajstić information content (AvgIpc) is 3.18. The summed E-state index contributed by atoms with van der Waals surface area (Å²) in [6.07, 6.45) is 2.62. The van der Waals surface area contributed by atoms with Crippen molar-refractivity contribution < 1.29 is 14.4 Å². The predicted octanol–water partition coefficient (Wildman–Crippen LogP) is 1.10. The third-order valence-electron chi connectivity index (χ3n) is 4.59. The van der Waals surface area contributed by atoms with E-state index in [1.807, 2.05) is 35.2 Å². The number of carbonyl (C=O) groups is 3. The van der Waals surface area contributed by atoms with E-state index >= 15 is 0 Å². The van der Waals surface area contributed by atoms with Crippen LogP contribution < -0.4 is 15.5 Å². The lowest BCUT2D eigenvalue weighted by atomic mass is 10.2. The van der Waals surface area contributed by atoms with Crippen molar-refractivity contribution in [3.05, 3.63) is 30.3 Å². The van der Waals surface area contributed by atoms with E-state index in [0.29, 0.717) is 32.5 Å². The summed E-state index contributed by atoms with van der Waals surface area (Å²) in [5, 5.41) is 5.65. The fourth-order valence-corrected chi connectivity index (χ4v) is 3.31. The SMILES string of the molecule is O=C(NCCCN1CCCC1=O)N[C@@H]1CC(=O)N(c2ccccc2)C1. The third kappa shape index (κ3) is 4.49. The Labute approximate surface area is 147 Å². The first kappa shape index (κ1) is 17.3. The molecule has 0 aromatic heterocycles. The minimum atomic E-state index is -0.263. The highest BCUT2D eigenvalue weighted by Gasteiger charge is 2.31. The van der Waals surface area contributed by atoms with Gasteiger partial charge in [0.1, 0.15) is 0 Å². The van der Waals surface area contributed by atoms with Crippen molar-refractivity contribution in [3.8, 4) is 0 Å². The van der Waals surface area contributed by atoms with E-state index in [1.54, 1.807) is 4.90 Å². The monoisotopic (exact) mass is 344 g/mol. The van der Waals surface area contributed by atoms with Gasteiger partial charge in [-0.2, -0.15) is 0 Å². The molecule has 134 valence electrons. The van der Waals surface area contributed by atoms with E-state index in [9.17, 15) is 14.4 Å². The van der Waals surface area contributed by atoms with E-state index in [1.165, 1.54) is 0 Å². The molecule has 1 atom stereocenters. The van der Waals surface area contributed by atoms with Crippen LogP contribution in [0.25, 0.3) is 0 Å². The lowest BCUT2D eigenvalue weighted by Gasteiger charge is -2.18. The first-order valence-electron chi connectivity index (χ1n) is 8.81. The first-order chi connectivity index (χ1) is 12.1. The van der Waals surface area contributed by atoms with Crippen LogP contribution in [0.4, 0.5) is 10.5 Å². The normalized spacial score (nSPS) is 20.2. The van der Waals surface area contributed by atoms with Crippen LogP contribution in [0, 0.1) is 0 Å². The minimum absolute atomic E-state index is 0.0176. The number of nitrogens with one attached hydrogen (secondary N) is 2. The number of anilines is 1. The Hall–Kier alpha value is -2.57. The van der Waals surface area contributed by atoms with Crippen molar-refractivity contribution in [2.24, 2.45) is 0 Å². The fraction of sp³-hybridized carbons (Fsp3) is 0.500. The molecule has 2 aliphatic heterocycles. The largest absolute Gasteiger partial charge is 0.343 e. The van der Waals surface area contributed by atoms with E-state index in [2.05, 4.69) is 10.6 Å². The van der Waals surface area contributed by atoms with Crippen molar-refractivity contribution in [2.45, 2.75) is 31.7 Å². The lowest BCUT2D eigenvalue weighted by molar-refractivity contribution is -0.127. The van der Waals surface area contributed by atoms with E-state index in [4.69, 9.17) is 0 Å². The lowest BCUT2D eigenvalue weighted by Crippen LogP contribution is -2.44. The Bertz CT molecular complexity index is 634. The molecule has 2 N–H and O–H groups in total.